The smallest absolute Gasteiger partial charge is 0.354 e. The number of hydrogen-bond acceptors (Lipinski definition) is 4. The lowest BCUT2D eigenvalue weighted by atomic mass is 9.89. The third-order valence-electron chi connectivity index (χ3n) is 3.82. The van der Waals surface area contributed by atoms with Crippen molar-refractivity contribution in [1.82, 2.24) is 4.57 Å². The molecule has 0 spiro atoms. The maximum absolute atomic E-state index is 12.0. The Balaban J connectivity index is 2.27. The lowest BCUT2D eigenvalue weighted by Crippen LogP contribution is -2.18. The van der Waals surface area contributed by atoms with Gasteiger partial charge in [-0.05, 0) is 31.7 Å². The van der Waals surface area contributed by atoms with Crippen molar-refractivity contribution in [1.29, 1.82) is 0 Å². The molecule has 5 nitrogen and oxygen atoms in total. The minimum absolute atomic E-state index is 0.0528. The molecule has 1 aromatic rings. The number of esters is 1. The summed E-state index contributed by atoms with van der Waals surface area (Å²) >= 11 is 0. The minimum atomic E-state index is -3.85. The number of carbonyl (C=O) groups excluding carboxylic acids is 1. The average molecular weight is 334 g/mol. The van der Waals surface area contributed by atoms with Crippen LogP contribution in [0.4, 0.5) is 0 Å². The molecule has 2 rings (SSSR count). The molecule has 0 saturated heterocycles. The van der Waals surface area contributed by atoms with Crippen LogP contribution in [-0.4, -0.2) is 25.6 Å². The Hall–Kier alpha value is -1.01. The first-order valence-electron chi connectivity index (χ1n) is 7.23. The Labute approximate surface area is 129 Å². The normalized spacial score (nSPS) is 16.9. The molecule has 21 heavy (non-hydrogen) atoms. The van der Waals surface area contributed by atoms with Gasteiger partial charge in [0.1, 0.15) is 10.6 Å². The highest BCUT2D eigenvalue weighted by atomic mass is 35.7. The maximum Gasteiger partial charge on any atom is 0.354 e. The van der Waals surface area contributed by atoms with Crippen LogP contribution in [0.3, 0.4) is 0 Å². The van der Waals surface area contributed by atoms with Crippen LogP contribution in [-0.2, 0) is 20.3 Å². The molecule has 118 valence electrons. The van der Waals surface area contributed by atoms with Gasteiger partial charge in [-0.25, -0.2) is 13.2 Å². The summed E-state index contributed by atoms with van der Waals surface area (Å²) in [5, 5.41) is 0. The number of nitrogens with zero attached hydrogens (tertiary/aromatic N) is 1. The Morgan fingerprint density at radius 1 is 1.38 bits per heavy atom. The molecule has 0 N–H and O–H groups in total. The summed E-state index contributed by atoms with van der Waals surface area (Å²) in [5.74, 6) is -0.0508. The highest BCUT2D eigenvalue weighted by Gasteiger charge is 2.23. The zero-order valence-corrected chi connectivity index (χ0v) is 13.6. The van der Waals surface area contributed by atoms with Crippen LogP contribution in [0.25, 0.3) is 0 Å². The predicted octanol–water partition coefficient (Wildman–Crippen LogP) is 3.17. The Morgan fingerprint density at radius 2 is 2.05 bits per heavy atom. The number of ether oxygens (including phenoxy) is 1. The van der Waals surface area contributed by atoms with E-state index in [0.717, 1.165) is 12.8 Å². The molecule has 0 aliphatic heterocycles. The quantitative estimate of drug-likeness (QED) is 0.613. The molecule has 7 heteroatoms. The fraction of sp³-hybridized carbons (Fsp3) is 0.643. The number of halogens is 1. The van der Waals surface area contributed by atoms with Crippen LogP contribution in [0.2, 0.25) is 0 Å². The standard InChI is InChI=1S/C14H20ClNO4S/c1-2-20-14(17)13-8-12(21(15,18)19)10-16(13)9-11-6-4-3-5-7-11/h8,10-11H,2-7,9H2,1H3. The monoisotopic (exact) mass is 333 g/mol. The molecule has 1 saturated carbocycles. The minimum Gasteiger partial charge on any atom is -0.461 e. The van der Waals surface area contributed by atoms with E-state index in [4.69, 9.17) is 15.4 Å². The summed E-state index contributed by atoms with van der Waals surface area (Å²) in [5.41, 5.74) is 0.252. The zero-order chi connectivity index (χ0) is 15.5. The van der Waals surface area contributed by atoms with Crippen molar-refractivity contribution in [2.75, 3.05) is 6.61 Å². The molecule has 0 amide bonds. The van der Waals surface area contributed by atoms with Crippen LogP contribution >= 0.6 is 10.7 Å². The van der Waals surface area contributed by atoms with E-state index < -0.39 is 15.0 Å². The van der Waals surface area contributed by atoms with Crippen LogP contribution in [0, 0.1) is 5.92 Å². The van der Waals surface area contributed by atoms with Crippen LogP contribution in [0.1, 0.15) is 49.5 Å². The van der Waals surface area contributed by atoms with Gasteiger partial charge < -0.3 is 9.30 Å². The second-order valence-electron chi connectivity index (χ2n) is 5.38. The van der Waals surface area contributed by atoms with E-state index in [0.29, 0.717) is 12.5 Å². The van der Waals surface area contributed by atoms with Crippen molar-refractivity contribution in [3.63, 3.8) is 0 Å². The SMILES string of the molecule is CCOC(=O)c1cc(S(=O)(=O)Cl)cn1CC1CCCCC1. The lowest BCUT2D eigenvalue weighted by Gasteiger charge is -2.22. The first kappa shape index (κ1) is 16.4. The van der Waals surface area contributed by atoms with Crippen molar-refractivity contribution in [2.24, 2.45) is 5.92 Å². The molecule has 1 aromatic heterocycles. The molecule has 0 unspecified atom stereocenters. The van der Waals surface area contributed by atoms with Gasteiger partial charge in [0, 0.05) is 23.4 Å². The molecule has 0 radical (unpaired) electrons. The van der Waals surface area contributed by atoms with Crippen molar-refractivity contribution in [2.45, 2.75) is 50.5 Å². The predicted molar refractivity (Wildman–Crippen MR) is 80.0 cm³/mol. The van der Waals surface area contributed by atoms with Crippen LogP contribution in [0.5, 0.6) is 0 Å². The van der Waals surface area contributed by atoms with Crippen LogP contribution < -0.4 is 0 Å². The van der Waals surface area contributed by atoms with Gasteiger partial charge in [-0.2, -0.15) is 0 Å². The van der Waals surface area contributed by atoms with Crippen molar-refractivity contribution >= 4 is 25.7 Å². The summed E-state index contributed by atoms with van der Waals surface area (Å²) in [6, 6.07) is 1.29. The molecular formula is C14H20ClNO4S. The Kier molecular flexibility index (Phi) is 5.32. The second kappa shape index (κ2) is 6.83. The van der Waals surface area contributed by atoms with Gasteiger partial charge >= 0.3 is 5.97 Å². The van der Waals surface area contributed by atoms with E-state index in [9.17, 15) is 13.2 Å². The van der Waals surface area contributed by atoms with E-state index >= 15 is 0 Å². The molecule has 0 bridgehead atoms. The van der Waals surface area contributed by atoms with Crippen molar-refractivity contribution in [3.8, 4) is 0 Å². The van der Waals surface area contributed by atoms with Gasteiger partial charge in [0.15, 0.2) is 0 Å². The highest BCUT2D eigenvalue weighted by Crippen LogP contribution is 2.27. The second-order valence-corrected chi connectivity index (χ2v) is 7.94. The van der Waals surface area contributed by atoms with Gasteiger partial charge in [0.05, 0.1) is 6.61 Å². The maximum atomic E-state index is 12.0. The van der Waals surface area contributed by atoms with Gasteiger partial charge in [-0.15, -0.1) is 0 Å². The molecule has 1 aliphatic carbocycles. The van der Waals surface area contributed by atoms with E-state index in [-0.39, 0.29) is 17.2 Å². The van der Waals surface area contributed by atoms with E-state index in [1.165, 1.54) is 31.5 Å². The van der Waals surface area contributed by atoms with E-state index in [1.807, 2.05) is 0 Å². The molecule has 1 heterocycles. The zero-order valence-electron chi connectivity index (χ0n) is 12.0. The third-order valence-corrected chi connectivity index (χ3v) is 5.14. The number of carbonyl (C=O) groups is 1. The van der Waals surface area contributed by atoms with Gasteiger partial charge in [-0.3, -0.25) is 0 Å². The number of aromatic nitrogens is 1. The van der Waals surface area contributed by atoms with Gasteiger partial charge in [-0.1, -0.05) is 19.3 Å². The number of rotatable bonds is 5. The Bertz CT molecular complexity index is 602. The molecular weight excluding hydrogens is 314 g/mol. The van der Waals surface area contributed by atoms with Crippen LogP contribution in [0.15, 0.2) is 17.2 Å². The fourth-order valence-electron chi connectivity index (χ4n) is 2.79. The summed E-state index contributed by atoms with van der Waals surface area (Å²) in [6.07, 6.45) is 7.24. The summed E-state index contributed by atoms with van der Waals surface area (Å²) < 4.78 is 29.6. The molecule has 0 aromatic carbocycles. The molecule has 0 atom stereocenters. The summed E-state index contributed by atoms with van der Waals surface area (Å²) in [6.45, 7) is 2.59. The first-order valence-corrected chi connectivity index (χ1v) is 9.54. The molecule has 1 aliphatic rings. The highest BCUT2D eigenvalue weighted by molar-refractivity contribution is 8.13. The van der Waals surface area contributed by atoms with E-state index in [2.05, 4.69) is 0 Å². The van der Waals surface area contributed by atoms with Gasteiger partial charge in [0.25, 0.3) is 9.05 Å². The third kappa shape index (κ3) is 4.23. The summed E-state index contributed by atoms with van der Waals surface area (Å²) in [4.78, 5) is 11.9. The summed E-state index contributed by atoms with van der Waals surface area (Å²) in [7, 11) is 1.52. The fourth-order valence-corrected chi connectivity index (χ4v) is 3.55. The van der Waals surface area contributed by atoms with Crippen molar-refractivity contribution < 1.29 is 17.9 Å². The molecule has 1 fully saturated rings. The average Bonchev–Trinajstić information content (AvgIpc) is 2.84. The lowest BCUT2D eigenvalue weighted by molar-refractivity contribution is 0.0512. The topological polar surface area (TPSA) is 65.4 Å². The van der Waals surface area contributed by atoms with E-state index in [1.54, 1.807) is 11.5 Å². The largest absolute Gasteiger partial charge is 0.461 e. The van der Waals surface area contributed by atoms with Gasteiger partial charge in [0.2, 0.25) is 0 Å². The number of hydrogen-bond donors (Lipinski definition) is 0. The first-order chi connectivity index (χ1) is 9.91. The van der Waals surface area contributed by atoms with Crippen molar-refractivity contribution in [3.05, 3.63) is 18.0 Å². The Morgan fingerprint density at radius 3 is 2.62 bits per heavy atom.